The molecule has 1 aromatic rings. The Bertz CT molecular complexity index is 535. The summed E-state index contributed by atoms with van der Waals surface area (Å²) in [7, 11) is 0. The van der Waals surface area contributed by atoms with E-state index in [2.05, 4.69) is 25.2 Å². The van der Waals surface area contributed by atoms with Gasteiger partial charge in [0, 0.05) is 18.0 Å². The second kappa shape index (κ2) is 6.00. The smallest absolute Gasteiger partial charge is 0.177 e. The van der Waals surface area contributed by atoms with Crippen LogP contribution in [-0.4, -0.2) is 12.3 Å². The Morgan fingerprint density at radius 3 is 2.60 bits per heavy atom. The summed E-state index contributed by atoms with van der Waals surface area (Å²) in [5, 5.41) is 4.52. The average molecular weight is 292 g/mol. The van der Waals surface area contributed by atoms with Gasteiger partial charge in [-0.1, -0.05) is 25.5 Å². The number of anilines is 2. The molecule has 0 radical (unpaired) electrons. The zero-order valence-corrected chi connectivity index (χ0v) is 13.6. The summed E-state index contributed by atoms with van der Waals surface area (Å²) in [6.45, 7) is 8.81. The van der Waals surface area contributed by atoms with Crippen molar-refractivity contribution in [3.8, 4) is 0 Å². The van der Waals surface area contributed by atoms with Gasteiger partial charge in [0.05, 0.1) is 15.6 Å². The first-order chi connectivity index (χ1) is 9.41. The van der Waals surface area contributed by atoms with Gasteiger partial charge in [0.2, 0.25) is 0 Å². The Balaban J connectivity index is 2.28. The van der Waals surface area contributed by atoms with Crippen LogP contribution in [0.15, 0.2) is 11.6 Å². The van der Waals surface area contributed by atoms with Gasteiger partial charge in [0.15, 0.2) is 5.78 Å². The van der Waals surface area contributed by atoms with E-state index >= 15 is 0 Å². The van der Waals surface area contributed by atoms with E-state index in [4.69, 9.17) is 5.73 Å². The van der Waals surface area contributed by atoms with Gasteiger partial charge in [-0.25, -0.2) is 0 Å². The van der Waals surface area contributed by atoms with Gasteiger partial charge in [-0.2, -0.15) is 0 Å². The van der Waals surface area contributed by atoms with Crippen LogP contribution in [0.1, 0.15) is 61.7 Å². The molecule has 3 nitrogen and oxygen atoms in total. The minimum atomic E-state index is -0.00589. The number of thiophene rings is 1. The Morgan fingerprint density at radius 1 is 1.45 bits per heavy atom. The van der Waals surface area contributed by atoms with Crippen LogP contribution in [0.5, 0.6) is 0 Å². The molecule has 3 N–H and O–H groups in total. The van der Waals surface area contributed by atoms with E-state index in [9.17, 15) is 4.79 Å². The fourth-order valence-corrected chi connectivity index (χ4v) is 3.46. The Morgan fingerprint density at radius 2 is 2.10 bits per heavy atom. The molecule has 1 aliphatic rings. The molecule has 110 valence electrons. The number of rotatable bonds is 6. The van der Waals surface area contributed by atoms with Crippen LogP contribution < -0.4 is 11.1 Å². The van der Waals surface area contributed by atoms with Gasteiger partial charge in [-0.05, 0) is 32.6 Å². The molecule has 0 amide bonds. The summed E-state index contributed by atoms with van der Waals surface area (Å²) in [5.41, 5.74) is 9.44. The quantitative estimate of drug-likeness (QED) is 0.602. The molecule has 0 atom stereocenters. The molecule has 0 aliphatic heterocycles. The molecule has 1 saturated carbocycles. The van der Waals surface area contributed by atoms with Crippen molar-refractivity contribution < 1.29 is 4.79 Å². The number of carbonyl (C=O) groups is 1. The summed E-state index contributed by atoms with van der Waals surface area (Å²) in [4.78, 5) is 13.0. The van der Waals surface area contributed by atoms with E-state index in [0.717, 1.165) is 22.1 Å². The van der Waals surface area contributed by atoms with Crippen molar-refractivity contribution in [3.05, 3.63) is 22.1 Å². The lowest BCUT2D eigenvalue weighted by Gasteiger charge is -2.05. The maximum atomic E-state index is 12.2. The van der Waals surface area contributed by atoms with Crippen LogP contribution >= 0.6 is 11.3 Å². The molecule has 0 bridgehead atoms. The molecule has 1 fully saturated rings. The highest BCUT2D eigenvalue weighted by Gasteiger charge is 2.33. The molecule has 1 aliphatic carbocycles. The number of nitrogens with two attached hydrogens (primary N) is 1. The molecule has 20 heavy (non-hydrogen) atoms. The lowest BCUT2D eigenvalue weighted by molar-refractivity contribution is 0.0944. The molecular formula is C16H24N2OS. The predicted octanol–water partition coefficient (Wildman–Crippen LogP) is 4.42. The topological polar surface area (TPSA) is 55.1 Å². The number of allylic oxidation sites excluding steroid dienone is 1. The first-order valence-corrected chi connectivity index (χ1v) is 8.07. The molecule has 0 spiro atoms. The molecule has 0 unspecified atom stereocenters. The molecule has 2 rings (SSSR count). The second-order valence-corrected chi connectivity index (χ2v) is 7.06. The van der Waals surface area contributed by atoms with E-state index in [1.807, 2.05) is 13.8 Å². The Hall–Kier alpha value is -1.29. The third kappa shape index (κ3) is 3.23. The third-order valence-corrected chi connectivity index (χ3v) is 4.68. The summed E-state index contributed by atoms with van der Waals surface area (Å²) in [6.07, 6.45) is 4.53. The van der Waals surface area contributed by atoms with Gasteiger partial charge in [-0.3, -0.25) is 4.79 Å². The van der Waals surface area contributed by atoms with Crippen LogP contribution in [0.3, 0.4) is 0 Å². The summed E-state index contributed by atoms with van der Waals surface area (Å²) in [5.74, 6) is 0.701. The van der Waals surface area contributed by atoms with Gasteiger partial charge in [0.25, 0.3) is 0 Å². The average Bonchev–Trinajstić information content (AvgIpc) is 3.13. The molecular weight excluding hydrogens is 268 g/mol. The SMILES string of the molecule is CC(C)=CCNc1sc(C(=O)C(C)C)c(N)c1C1CC1. The fraction of sp³-hybridized carbons (Fsp3) is 0.562. The normalized spacial score (nSPS) is 14.4. The van der Waals surface area contributed by atoms with Gasteiger partial charge < -0.3 is 11.1 Å². The monoisotopic (exact) mass is 292 g/mol. The summed E-state index contributed by atoms with van der Waals surface area (Å²) in [6, 6.07) is 0. The summed E-state index contributed by atoms with van der Waals surface area (Å²) >= 11 is 1.53. The minimum absolute atomic E-state index is 0.00589. The lowest BCUT2D eigenvalue weighted by Crippen LogP contribution is -2.08. The van der Waals surface area contributed by atoms with E-state index in [1.54, 1.807) is 0 Å². The number of Topliss-reactive ketones (excluding diaryl/α,β-unsaturated/α-hetero) is 1. The Kier molecular flexibility index (Phi) is 4.53. The summed E-state index contributed by atoms with van der Waals surface area (Å²) < 4.78 is 0. The first kappa shape index (κ1) is 15.1. The van der Waals surface area contributed by atoms with Crippen LogP contribution in [0.2, 0.25) is 0 Å². The van der Waals surface area contributed by atoms with Crippen molar-refractivity contribution >= 4 is 27.8 Å². The van der Waals surface area contributed by atoms with E-state index in [1.165, 1.54) is 35.3 Å². The largest absolute Gasteiger partial charge is 0.397 e. The second-order valence-electron chi connectivity index (χ2n) is 6.04. The van der Waals surface area contributed by atoms with Crippen molar-refractivity contribution in [2.75, 3.05) is 17.6 Å². The van der Waals surface area contributed by atoms with Crippen molar-refractivity contribution in [1.29, 1.82) is 0 Å². The van der Waals surface area contributed by atoms with Crippen molar-refractivity contribution in [1.82, 2.24) is 0 Å². The van der Waals surface area contributed by atoms with Crippen LogP contribution in [-0.2, 0) is 0 Å². The van der Waals surface area contributed by atoms with Crippen LogP contribution in [0, 0.1) is 5.92 Å². The highest BCUT2D eigenvalue weighted by Crippen LogP contribution is 2.51. The maximum absolute atomic E-state index is 12.2. The Labute approximate surface area is 125 Å². The fourth-order valence-electron chi connectivity index (χ4n) is 2.16. The molecule has 1 aromatic heterocycles. The van der Waals surface area contributed by atoms with E-state index in [-0.39, 0.29) is 11.7 Å². The van der Waals surface area contributed by atoms with E-state index in [0.29, 0.717) is 5.92 Å². The first-order valence-electron chi connectivity index (χ1n) is 7.25. The van der Waals surface area contributed by atoms with Gasteiger partial charge in [-0.15, -0.1) is 11.3 Å². The van der Waals surface area contributed by atoms with Gasteiger partial charge in [0.1, 0.15) is 0 Å². The van der Waals surface area contributed by atoms with Crippen molar-refractivity contribution in [3.63, 3.8) is 0 Å². The molecule has 4 heteroatoms. The van der Waals surface area contributed by atoms with Gasteiger partial charge >= 0.3 is 0 Å². The number of hydrogen-bond acceptors (Lipinski definition) is 4. The number of nitrogen functional groups attached to an aromatic ring is 1. The lowest BCUT2D eigenvalue weighted by atomic mass is 10.0. The maximum Gasteiger partial charge on any atom is 0.177 e. The standard InChI is InChI=1S/C16H24N2OS/c1-9(2)7-8-18-16-12(11-5-6-11)13(17)15(20-16)14(19)10(3)4/h7,10-11,18H,5-6,8,17H2,1-4H3. The number of carbonyl (C=O) groups excluding carboxylic acids is 1. The van der Waals surface area contributed by atoms with Crippen LogP contribution in [0.25, 0.3) is 0 Å². The van der Waals surface area contributed by atoms with Crippen molar-refractivity contribution in [2.24, 2.45) is 5.92 Å². The van der Waals surface area contributed by atoms with Crippen LogP contribution in [0.4, 0.5) is 10.7 Å². The van der Waals surface area contributed by atoms with E-state index < -0.39 is 0 Å². The molecule has 0 aromatic carbocycles. The van der Waals surface area contributed by atoms with Crippen molar-refractivity contribution in [2.45, 2.75) is 46.5 Å². The predicted molar refractivity (Wildman–Crippen MR) is 87.8 cm³/mol. The third-order valence-electron chi connectivity index (χ3n) is 3.49. The molecule has 0 saturated heterocycles. The highest BCUT2D eigenvalue weighted by molar-refractivity contribution is 7.18. The minimum Gasteiger partial charge on any atom is -0.397 e. The zero-order chi connectivity index (χ0) is 14.9. The highest BCUT2D eigenvalue weighted by atomic mass is 32.1. The number of nitrogens with one attached hydrogen (secondary N) is 1. The number of ketones is 1. The number of hydrogen-bond donors (Lipinski definition) is 2. The molecule has 1 heterocycles. The zero-order valence-electron chi connectivity index (χ0n) is 12.7.